The molecule has 1 aromatic carbocycles. The number of carbonyl (C=O) groups is 1. The van der Waals surface area contributed by atoms with Crippen molar-refractivity contribution in [1.29, 1.82) is 0 Å². The standard InChI is InChI=1S/C17H17N5OS/c1-11-20-21-15-8-7-13(9-22(11)15)18-16(23)17-19-14(10-24-17)12-5-3-2-4-6-12/h2-6,10,13H,7-9H2,1H3,(H,18,23)/t13-/m1/s1. The minimum atomic E-state index is -0.110. The maximum Gasteiger partial charge on any atom is 0.280 e. The van der Waals surface area contributed by atoms with E-state index in [2.05, 4.69) is 25.1 Å². The lowest BCUT2D eigenvalue weighted by Gasteiger charge is -2.24. The lowest BCUT2D eigenvalue weighted by molar-refractivity contribution is 0.0927. The summed E-state index contributed by atoms with van der Waals surface area (Å²) < 4.78 is 2.08. The fraction of sp³-hybridized carbons (Fsp3) is 0.294. The number of aryl methyl sites for hydroxylation is 2. The van der Waals surface area contributed by atoms with Gasteiger partial charge in [0.1, 0.15) is 11.6 Å². The summed E-state index contributed by atoms with van der Waals surface area (Å²) in [6.07, 6.45) is 1.71. The molecular weight excluding hydrogens is 322 g/mol. The highest BCUT2D eigenvalue weighted by Crippen LogP contribution is 2.22. The van der Waals surface area contributed by atoms with Crippen molar-refractivity contribution >= 4 is 17.2 Å². The Hall–Kier alpha value is -2.54. The molecule has 1 amide bonds. The van der Waals surface area contributed by atoms with Gasteiger partial charge in [0, 0.05) is 30.0 Å². The lowest BCUT2D eigenvalue weighted by Crippen LogP contribution is -2.41. The molecule has 1 atom stereocenters. The fourth-order valence-corrected chi connectivity index (χ4v) is 3.68. The first-order chi connectivity index (χ1) is 11.7. The Morgan fingerprint density at radius 1 is 1.29 bits per heavy atom. The topological polar surface area (TPSA) is 72.7 Å². The van der Waals surface area contributed by atoms with Crippen molar-refractivity contribution in [3.8, 4) is 11.3 Å². The molecule has 122 valence electrons. The van der Waals surface area contributed by atoms with Crippen LogP contribution in [0, 0.1) is 6.92 Å². The predicted molar refractivity (Wildman–Crippen MR) is 91.9 cm³/mol. The molecule has 1 aliphatic heterocycles. The number of carbonyl (C=O) groups excluding carboxylic acids is 1. The average molecular weight is 339 g/mol. The number of benzene rings is 1. The molecule has 0 fully saturated rings. The van der Waals surface area contributed by atoms with Gasteiger partial charge in [0.25, 0.3) is 5.91 Å². The molecule has 0 unspecified atom stereocenters. The largest absolute Gasteiger partial charge is 0.345 e. The summed E-state index contributed by atoms with van der Waals surface area (Å²) in [6, 6.07) is 9.98. The number of hydrogen-bond donors (Lipinski definition) is 1. The molecule has 0 saturated carbocycles. The van der Waals surface area contributed by atoms with E-state index in [9.17, 15) is 4.79 Å². The molecule has 0 bridgehead atoms. The predicted octanol–water partition coefficient (Wildman–Crippen LogP) is 2.45. The quantitative estimate of drug-likeness (QED) is 0.795. The van der Waals surface area contributed by atoms with Crippen LogP contribution in [0.15, 0.2) is 35.7 Å². The molecule has 4 rings (SSSR count). The number of fused-ring (bicyclic) bond motifs is 1. The highest BCUT2D eigenvalue weighted by atomic mass is 32.1. The molecular formula is C17H17N5OS. The minimum Gasteiger partial charge on any atom is -0.345 e. The van der Waals surface area contributed by atoms with Gasteiger partial charge in [-0.3, -0.25) is 4.79 Å². The molecule has 2 aromatic heterocycles. The zero-order valence-corrected chi connectivity index (χ0v) is 14.1. The first-order valence-electron chi connectivity index (χ1n) is 7.91. The molecule has 1 N–H and O–H groups in total. The van der Waals surface area contributed by atoms with Gasteiger partial charge in [-0.25, -0.2) is 4.98 Å². The van der Waals surface area contributed by atoms with Crippen LogP contribution in [-0.4, -0.2) is 31.7 Å². The molecule has 6 nitrogen and oxygen atoms in total. The Kier molecular flexibility index (Phi) is 3.86. The van der Waals surface area contributed by atoms with Gasteiger partial charge in [-0.15, -0.1) is 21.5 Å². The van der Waals surface area contributed by atoms with E-state index >= 15 is 0 Å². The van der Waals surface area contributed by atoms with Crippen LogP contribution in [0.25, 0.3) is 11.3 Å². The second-order valence-electron chi connectivity index (χ2n) is 5.89. The van der Waals surface area contributed by atoms with Crippen LogP contribution in [0.5, 0.6) is 0 Å². The Balaban J connectivity index is 1.46. The molecule has 1 aliphatic rings. The minimum absolute atomic E-state index is 0.0868. The molecule has 0 spiro atoms. The molecule has 0 aliphatic carbocycles. The zero-order valence-electron chi connectivity index (χ0n) is 13.3. The van der Waals surface area contributed by atoms with Crippen molar-refractivity contribution in [2.45, 2.75) is 32.4 Å². The molecule has 3 heterocycles. The first kappa shape index (κ1) is 15.0. The molecule has 24 heavy (non-hydrogen) atoms. The van der Waals surface area contributed by atoms with E-state index in [1.807, 2.05) is 42.6 Å². The van der Waals surface area contributed by atoms with Gasteiger partial charge >= 0.3 is 0 Å². The third-order valence-corrected chi connectivity index (χ3v) is 5.08. The van der Waals surface area contributed by atoms with Crippen LogP contribution in [0.4, 0.5) is 0 Å². The van der Waals surface area contributed by atoms with E-state index in [0.29, 0.717) is 5.01 Å². The summed E-state index contributed by atoms with van der Waals surface area (Å²) >= 11 is 1.38. The van der Waals surface area contributed by atoms with Gasteiger partial charge in [0.15, 0.2) is 5.01 Å². The highest BCUT2D eigenvalue weighted by Gasteiger charge is 2.24. The monoisotopic (exact) mass is 339 g/mol. The molecule has 7 heteroatoms. The highest BCUT2D eigenvalue weighted by molar-refractivity contribution is 7.12. The van der Waals surface area contributed by atoms with Gasteiger partial charge in [-0.05, 0) is 13.3 Å². The SMILES string of the molecule is Cc1nnc2n1C[C@H](NC(=O)c1nc(-c3ccccc3)cs1)CC2. The van der Waals surface area contributed by atoms with Gasteiger partial charge in [0.2, 0.25) is 0 Å². The van der Waals surface area contributed by atoms with Crippen LogP contribution in [0.2, 0.25) is 0 Å². The van der Waals surface area contributed by atoms with E-state index < -0.39 is 0 Å². The van der Waals surface area contributed by atoms with E-state index in [-0.39, 0.29) is 11.9 Å². The number of thiazole rings is 1. The number of nitrogens with one attached hydrogen (secondary N) is 1. The first-order valence-corrected chi connectivity index (χ1v) is 8.79. The van der Waals surface area contributed by atoms with Crippen LogP contribution in [-0.2, 0) is 13.0 Å². The number of hydrogen-bond acceptors (Lipinski definition) is 5. The van der Waals surface area contributed by atoms with Gasteiger partial charge in [-0.2, -0.15) is 0 Å². The lowest BCUT2D eigenvalue weighted by atomic mass is 10.1. The fourth-order valence-electron chi connectivity index (χ4n) is 2.95. The summed E-state index contributed by atoms with van der Waals surface area (Å²) in [7, 11) is 0. The van der Waals surface area contributed by atoms with Crippen LogP contribution < -0.4 is 5.32 Å². The van der Waals surface area contributed by atoms with Gasteiger partial charge < -0.3 is 9.88 Å². The molecule has 0 radical (unpaired) electrons. The molecule has 0 saturated heterocycles. The maximum absolute atomic E-state index is 12.5. The number of aromatic nitrogens is 4. The Morgan fingerprint density at radius 3 is 2.96 bits per heavy atom. The van der Waals surface area contributed by atoms with E-state index in [0.717, 1.165) is 42.3 Å². The van der Waals surface area contributed by atoms with Crippen LogP contribution >= 0.6 is 11.3 Å². The number of amides is 1. The third-order valence-electron chi connectivity index (χ3n) is 4.23. The van der Waals surface area contributed by atoms with Crippen LogP contribution in [0.1, 0.15) is 27.9 Å². The zero-order chi connectivity index (χ0) is 16.5. The second-order valence-corrected chi connectivity index (χ2v) is 6.75. The van der Waals surface area contributed by atoms with Crippen molar-refractivity contribution in [1.82, 2.24) is 25.1 Å². The van der Waals surface area contributed by atoms with Crippen molar-refractivity contribution in [3.05, 3.63) is 52.4 Å². The summed E-state index contributed by atoms with van der Waals surface area (Å²) in [6.45, 7) is 2.66. The molecule has 3 aromatic rings. The van der Waals surface area contributed by atoms with Crippen molar-refractivity contribution in [2.24, 2.45) is 0 Å². The summed E-state index contributed by atoms with van der Waals surface area (Å²) in [4.78, 5) is 17.0. The average Bonchev–Trinajstić information content (AvgIpc) is 3.24. The summed E-state index contributed by atoms with van der Waals surface area (Å²) in [5.74, 6) is 1.78. The second kappa shape index (κ2) is 6.16. The normalized spacial score (nSPS) is 16.6. The number of rotatable bonds is 3. The van der Waals surface area contributed by atoms with Crippen LogP contribution in [0.3, 0.4) is 0 Å². The number of nitrogens with zero attached hydrogens (tertiary/aromatic N) is 4. The smallest absolute Gasteiger partial charge is 0.280 e. The van der Waals surface area contributed by atoms with Crippen molar-refractivity contribution in [3.63, 3.8) is 0 Å². The Morgan fingerprint density at radius 2 is 2.12 bits per heavy atom. The van der Waals surface area contributed by atoms with Crippen molar-refractivity contribution < 1.29 is 4.79 Å². The van der Waals surface area contributed by atoms with E-state index in [4.69, 9.17) is 0 Å². The van der Waals surface area contributed by atoms with E-state index in [1.54, 1.807) is 0 Å². The van der Waals surface area contributed by atoms with Gasteiger partial charge in [-0.1, -0.05) is 30.3 Å². The Bertz CT molecular complexity index is 870. The van der Waals surface area contributed by atoms with E-state index in [1.165, 1.54) is 11.3 Å². The Labute approximate surface area is 143 Å². The maximum atomic E-state index is 12.5. The third kappa shape index (κ3) is 2.82. The van der Waals surface area contributed by atoms with Gasteiger partial charge in [0.05, 0.1) is 5.69 Å². The summed E-state index contributed by atoms with van der Waals surface area (Å²) in [5.41, 5.74) is 1.86. The summed E-state index contributed by atoms with van der Waals surface area (Å²) in [5, 5.41) is 13.8. The van der Waals surface area contributed by atoms with Crippen molar-refractivity contribution in [2.75, 3.05) is 0 Å².